The van der Waals surface area contributed by atoms with E-state index in [1.54, 1.807) is 12.1 Å². The Morgan fingerprint density at radius 2 is 1.90 bits per heavy atom. The smallest absolute Gasteiger partial charge is 0.115 e. The molecule has 0 saturated heterocycles. The van der Waals surface area contributed by atoms with E-state index in [1.165, 1.54) is 0 Å². The zero-order chi connectivity index (χ0) is 5.98. The van der Waals surface area contributed by atoms with Gasteiger partial charge in [-0.2, -0.15) is 0 Å². The van der Waals surface area contributed by atoms with Gasteiger partial charge in [0.2, 0.25) is 0 Å². The van der Waals surface area contributed by atoms with Crippen LogP contribution in [0.4, 0.5) is 0 Å². The maximum atomic E-state index is 8.81. The van der Waals surface area contributed by atoms with E-state index in [0.717, 1.165) is 5.56 Å². The Bertz CT molecular complexity index is 173. The fourth-order valence-electron chi connectivity index (χ4n) is 0.628. The fourth-order valence-corrected chi connectivity index (χ4v) is 0.628. The second-order valence-corrected chi connectivity index (χ2v) is 1.84. The van der Waals surface area contributed by atoms with Crippen LogP contribution in [0.3, 0.4) is 0 Å². The molecule has 1 aromatic carbocycles. The van der Waals surface area contributed by atoms with Gasteiger partial charge in [0, 0.05) is 26.2 Å². The van der Waals surface area contributed by atoms with Crippen molar-refractivity contribution in [1.82, 2.24) is 0 Å². The number of rotatable bonds is 0. The van der Waals surface area contributed by atoms with Crippen molar-refractivity contribution >= 4 is 12.4 Å². The summed E-state index contributed by atoms with van der Waals surface area (Å²) in [6.45, 7) is 1.94. The van der Waals surface area contributed by atoms with E-state index >= 15 is 0 Å². The SMILES string of the molecule is Cc1cccc(O)c1.Cl.[Zr]. The van der Waals surface area contributed by atoms with Crippen molar-refractivity contribution in [3.63, 3.8) is 0 Å². The third kappa shape index (κ3) is 4.08. The first-order chi connectivity index (χ1) is 3.79. The van der Waals surface area contributed by atoms with Crippen LogP contribution in [-0.4, -0.2) is 5.11 Å². The van der Waals surface area contributed by atoms with Gasteiger partial charge in [-0.3, -0.25) is 0 Å². The van der Waals surface area contributed by atoms with Gasteiger partial charge in [-0.1, -0.05) is 12.1 Å². The van der Waals surface area contributed by atoms with E-state index in [2.05, 4.69) is 0 Å². The molecule has 1 aromatic rings. The first-order valence-corrected chi connectivity index (χ1v) is 2.54. The molecule has 0 heterocycles. The van der Waals surface area contributed by atoms with E-state index in [4.69, 9.17) is 5.11 Å². The van der Waals surface area contributed by atoms with Crippen molar-refractivity contribution in [2.75, 3.05) is 0 Å². The van der Waals surface area contributed by atoms with Crippen molar-refractivity contribution in [2.24, 2.45) is 0 Å². The molecule has 1 rings (SSSR count). The monoisotopic (exact) mass is 234 g/mol. The minimum atomic E-state index is 0. The van der Waals surface area contributed by atoms with E-state index in [-0.39, 0.29) is 38.6 Å². The number of phenolic OH excluding ortho intramolecular Hbond substituents is 1. The van der Waals surface area contributed by atoms with Crippen LogP contribution >= 0.6 is 12.4 Å². The van der Waals surface area contributed by atoms with E-state index in [0.29, 0.717) is 5.75 Å². The van der Waals surface area contributed by atoms with Crippen LogP contribution in [0.2, 0.25) is 0 Å². The normalized spacial score (nSPS) is 7.30. The van der Waals surface area contributed by atoms with Gasteiger partial charge in [0.05, 0.1) is 0 Å². The summed E-state index contributed by atoms with van der Waals surface area (Å²) in [6, 6.07) is 7.15. The Morgan fingerprint density at radius 3 is 2.20 bits per heavy atom. The minimum Gasteiger partial charge on any atom is -0.508 e. The molecule has 0 radical (unpaired) electrons. The molecule has 1 nitrogen and oxygen atoms in total. The summed E-state index contributed by atoms with van der Waals surface area (Å²) >= 11 is 0. The summed E-state index contributed by atoms with van der Waals surface area (Å²) in [4.78, 5) is 0. The first kappa shape index (κ1) is 12.8. The molecule has 54 valence electrons. The topological polar surface area (TPSA) is 20.2 Å². The number of hydrogen-bond donors (Lipinski definition) is 1. The van der Waals surface area contributed by atoms with Crippen LogP contribution in [0.25, 0.3) is 0 Å². The van der Waals surface area contributed by atoms with Crippen LogP contribution in [0.1, 0.15) is 5.56 Å². The molecule has 0 spiro atoms. The van der Waals surface area contributed by atoms with Crippen LogP contribution in [0.15, 0.2) is 24.3 Å². The van der Waals surface area contributed by atoms with Crippen molar-refractivity contribution in [2.45, 2.75) is 6.92 Å². The molecule has 0 aromatic heterocycles. The Morgan fingerprint density at radius 1 is 1.30 bits per heavy atom. The number of phenols is 1. The molecule has 3 heteroatoms. The number of hydrogen-bond acceptors (Lipinski definition) is 1. The molecule has 0 aliphatic carbocycles. The van der Waals surface area contributed by atoms with Crippen molar-refractivity contribution in [3.05, 3.63) is 29.8 Å². The average molecular weight is 236 g/mol. The molecule has 10 heavy (non-hydrogen) atoms. The van der Waals surface area contributed by atoms with Crippen LogP contribution < -0.4 is 0 Å². The largest absolute Gasteiger partial charge is 0.508 e. The number of benzene rings is 1. The molecule has 0 unspecified atom stereocenters. The van der Waals surface area contributed by atoms with Gasteiger partial charge in [0.15, 0.2) is 0 Å². The Hall–Kier alpha value is 0.193. The molecule has 0 atom stereocenters. The Balaban J connectivity index is 0. The predicted molar refractivity (Wildman–Crippen MR) is 40.1 cm³/mol. The maximum Gasteiger partial charge on any atom is 0.115 e. The van der Waals surface area contributed by atoms with Gasteiger partial charge in [-0.15, -0.1) is 12.4 Å². The van der Waals surface area contributed by atoms with Crippen LogP contribution in [-0.2, 0) is 26.2 Å². The van der Waals surface area contributed by atoms with Crippen LogP contribution in [0.5, 0.6) is 5.75 Å². The van der Waals surface area contributed by atoms with Gasteiger partial charge in [-0.05, 0) is 24.6 Å². The van der Waals surface area contributed by atoms with E-state index in [1.807, 2.05) is 19.1 Å². The molecule has 1 N–H and O–H groups in total. The van der Waals surface area contributed by atoms with Gasteiger partial charge in [0.1, 0.15) is 5.75 Å². The second kappa shape index (κ2) is 5.94. The molecule has 0 aliphatic rings. The van der Waals surface area contributed by atoms with Crippen LogP contribution in [0, 0.1) is 6.92 Å². The second-order valence-electron chi connectivity index (χ2n) is 1.84. The molecule has 0 fully saturated rings. The van der Waals surface area contributed by atoms with E-state index < -0.39 is 0 Å². The van der Waals surface area contributed by atoms with Gasteiger partial charge in [0.25, 0.3) is 0 Å². The quantitative estimate of drug-likeness (QED) is 0.731. The maximum absolute atomic E-state index is 8.81. The van der Waals surface area contributed by atoms with Crippen molar-refractivity contribution in [1.29, 1.82) is 0 Å². The third-order valence-corrected chi connectivity index (χ3v) is 1.00. The van der Waals surface area contributed by atoms with Gasteiger partial charge < -0.3 is 5.11 Å². The summed E-state index contributed by atoms with van der Waals surface area (Å²) in [6.07, 6.45) is 0. The summed E-state index contributed by atoms with van der Waals surface area (Å²) in [5.74, 6) is 0.338. The Labute approximate surface area is 86.0 Å². The average Bonchev–Trinajstić information content (AvgIpc) is 1.64. The zero-order valence-corrected chi connectivity index (χ0v) is 8.94. The standard InChI is InChI=1S/C7H8O.ClH.Zr/c1-6-3-2-4-7(8)5-6;;/h2-5,8H,1H3;1H;. The minimum absolute atomic E-state index is 0. The predicted octanol–water partition coefficient (Wildman–Crippen LogP) is 2.12. The fraction of sp³-hybridized carbons (Fsp3) is 0.143. The van der Waals surface area contributed by atoms with Crippen molar-refractivity contribution in [3.8, 4) is 5.75 Å². The van der Waals surface area contributed by atoms with Crippen molar-refractivity contribution < 1.29 is 31.3 Å². The Kier molecular flexibility index (Phi) is 7.62. The summed E-state index contributed by atoms with van der Waals surface area (Å²) in [7, 11) is 0. The molecule has 0 amide bonds. The molecule has 0 saturated carbocycles. The summed E-state index contributed by atoms with van der Waals surface area (Å²) < 4.78 is 0. The third-order valence-electron chi connectivity index (χ3n) is 1.00. The molecule has 0 bridgehead atoms. The van der Waals surface area contributed by atoms with Gasteiger partial charge >= 0.3 is 0 Å². The number of aromatic hydroxyl groups is 1. The zero-order valence-electron chi connectivity index (χ0n) is 5.66. The summed E-state index contributed by atoms with van der Waals surface area (Å²) in [5.41, 5.74) is 1.09. The van der Waals surface area contributed by atoms with E-state index in [9.17, 15) is 0 Å². The number of aryl methyl sites for hydroxylation is 1. The molecular formula is C7H9ClOZr. The molecular weight excluding hydrogens is 227 g/mol. The van der Waals surface area contributed by atoms with Gasteiger partial charge in [-0.25, -0.2) is 0 Å². The first-order valence-electron chi connectivity index (χ1n) is 2.54. The number of halogens is 1. The molecule has 0 aliphatic heterocycles. The summed E-state index contributed by atoms with van der Waals surface area (Å²) in [5, 5.41) is 8.81.